The summed E-state index contributed by atoms with van der Waals surface area (Å²) in [6.45, 7) is 0.550. The maximum Gasteiger partial charge on any atom is 0.220 e. The van der Waals surface area contributed by atoms with Gasteiger partial charge in [0.1, 0.15) is 0 Å². The van der Waals surface area contributed by atoms with E-state index >= 15 is 0 Å². The number of hydrogen-bond donors (Lipinski definition) is 2. The molecule has 2 aliphatic rings. The molecular weight excluding hydrogens is 250 g/mol. The summed E-state index contributed by atoms with van der Waals surface area (Å²) in [6, 6.07) is 7.71. The molecule has 108 valence electrons. The summed E-state index contributed by atoms with van der Waals surface area (Å²) < 4.78 is 0. The number of fused-ring (bicyclic) bond motifs is 2. The molecule has 0 spiro atoms. The van der Waals surface area contributed by atoms with Gasteiger partial charge in [0, 0.05) is 13.0 Å². The molecule has 0 heterocycles. The molecule has 2 aliphatic carbocycles. The third-order valence-corrected chi connectivity index (χ3v) is 5.10. The van der Waals surface area contributed by atoms with Crippen molar-refractivity contribution in [3.63, 3.8) is 0 Å². The van der Waals surface area contributed by atoms with Gasteiger partial charge in [0.2, 0.25) is 5.91 Å². The van der Waals surface area contributed by atoms with Crippen LogP contribution >= 0.6 is 0 Å². The van der Waals surface area contributed by atoms with Gasteiger partial charge in [0.25, 0.3) is 0 Å². The summed E-state index contributed by atoms with van der Waals surface area (Å²) in [6.07, 6.45) is 6.00. The van der Waals surface area contributed by atoms with Gasteiger partial charge in [-0.25, -0.2) is 0 Å². The molecule has 2 bridgehead atoms. The largest absolute Gasteiger partial charge is 0.392 e. The highest BCUT2D eigenvalue weighted by Gasteiger charge is 2.39. The van der Waals surface area contributed by atoms with Gasteiger partial charge in [-0.15, -0.1) is 0 Å². The first-order valence-electron chi connectivity index (χ1n) is 7.70. The van der Waals surface area contributed by atoms with Crippen molar-refractivity contribution in [1.82, 2.24) is 5.32 Å². The van der Waals surface area contributed by atoms with E-state index in [1.165, 1.54) is 25.7 Å². The van der Waals surface area contributed by atoms with Crippen LogP contribution in [0.5, 0.6) is 0 Å². The summed E-state index contributed by atoms with van der Waals surface area (Å²) in [5.41, 5.74) is 1.91. The average molecular weight is 273 g/mol. The Hall–Kier alpha value is -1.35. The van der Waals surface area contributed by atoms with Gasteiger partial charge >= 0.3 is 0 Å². The van der Waals surface area contributed by atoms with Crippen LogP contribution < -0.4 is 5.32 Å². The smallest absolute Gasteiger partial charge is 0.220 e. The second-order valence-corrected chi connectivity index (χ2v) is 6.34. The highest BCUT2D eigenvalue weighted by molar-refractivity contribution is 5.76. The van der Waals surface area contributed by atoms with Crippen LogP contribution in [0.1, 0.15) is 43.2 Å². The molecule has 1 amide bonds. The summed E-state index contributed by atoms with van der Waals surface area (Å²) in [7, 11) is 0. The van der Waals surface area contributed by atoms with Crippen molar-refractivity contribution in [3.05, 3.63) is 35.4 Å². The molecule has 0 saturated heterocycles. The predicted molar refractivity (Wildman–Crippen MR) is 77.8 cm³/mol. The third-order valence-electron chi connectivity index (χ3n) is 5.10. The number of rotatable bonds is 5. The summed E-state index contributed by atoms with van der Waals surface area (Å²) in [4.78, 5) is 12.1. The van der Waals surface area contributed by atoms with Crippen molar-refractivity contribution in [1.29, 1.82) is 0 Å². The Morgan fingerprint density at radius 3 is 2.65 bits per heavy atom. The van der Waals surface area contributed by atoms with Gasteiger partial charge in [-0.3, -0.25) is 4.79 Å². The van der Waals surface area contributed by atoms with Crippen LogP contribution in [0.3, 0.4) is 0 Å². The zero-order chi connectivity index (χ0) is 13.9. The Morgan fingerprint density at radius 2 is 2.00 bits per heavy atom. The minimum Gasteiger partial charge on any atom is -0.392 e. The molecule has 0 aromatic heterocycles. The van der Waals surface area contributed by atoms with Gasteiger partial charge in [-0.1, -0.05) is 30.7 Å². The first-order chi connectivity index (χ1) is 9.76. The van der Waals surface area contributed by atoms with Crippen LogP contribution in [0.15, 0.2) is 24.3 Å². The minimum atomic E-state index is 0.0262. The van der Waals surface area contributed by atoms with Crippen molar-refractivity contribution in [3.8, 4) is 0 Å². The Labute approximate surface area is 120 Å². The lowest BCUT2D eigenvalue weighted by atomic mass is 9.86. The molecular formula is C17H23NO2. The zero-order valence-corrected chi connectivity index (χ0v) is 11.8. The van der Waals surface area contributed by atoms with E-state index in [-0.39, 0.29) is 12.5 Å². The summed E-state index contributed by atoms with van der Waals surface area (Å²) >= 11 is 0. The van der Waals surface area contributed by atoms with E-state index < -0.39 is 0 Å². The van der Waals surface area contributed by atoms with Gasteiger partial charge < -0.3 is 10.4 Å². The van der Waals surface area contributed by atoms with Gasteiger partial charge in [0.05, 0.1) is 6.61 Å². The first kappa shape index (κ1) is 13.6. The number of nitrogens with one attached hydrogen (secondary N) is 1. The molecule has 3 atom stereocenters. The molecule has 1 aromatic rings. The predicted octanol–water partition coefficient (Wildman–Crippen LogP) is 2.62. The van der Waals surface area contributed by atoms with E-state index in [2.05, 4.69) is 5.32 Å². The van der Waals surface area contributed by atoms with Gasteiger partial charge in [0.15, 0.2) is 0 Å². The van der Waals surface area contributed by atoms with Crippen molar-refractivity contribution >= 4 is 5.91 Å². The normalized spacial score (nSPS) is 27.8. The van der Waals surface area contributed by atoms with E-state index in [0.717, 1.165) is 23.0 Å². The molecule has 2 N–H and O–H groups in total. The Balaban J connectivity index is 1.50. The van der Waals surface area contributed by atoms with E-state index in [1.807, 2.05) is 24.3 Å². The Morgan fingerprint density at radius 1 is 1.20 bits per heavy atom. The standard InChI is InChI=1S/C17H23NO2/c19-11-15-4-2-1-3-14(15)10-18-17(20)9-16-8-12-5-6-13(16)7-12/h1-4,12-13,16,19H,5-11H2,(H,18,20). The van der Waals surface area contributed by atoms with E-state index in [4.69, 9.17) is 0 Å². The van der Waals surface area contributed by atoms with Crippen molar-refractivity contribution < 1.29 is 9.90 Å². The van der Waals surface area contributed by atoms with Crippen LogP contribution in [0.2, 0.25) is 0 Å². The second kappa shape index (κ2) is 5.96. The lowest BCUT2D eigenvalue weighted by Gasteiger charge is -2.21. The lowest BCUT2D eigenvalue weighted by molar-refractivity contribution is -0.122. The maximum absolute atomic E-state index is 12.1. The molecule has 20 heavy (non-hydrogen) atoms. The molecule has 2 fully saturated rings. The van der Waals surface area contributed by atoms with Crippen LogP contribution in [0.4, 0.5) is 0 Å². The monoisotopic (exact) mass is 273 g/mol. The zero-order valence-electron chi connectivity index (χ0n) is 11.8. The number of aliphatic hydroxyl groups is 1. The number of hydrogen-bond acceptors (Lipinski definition) is 2. The summed E-state index contributed by atoms with van der Waals surface area (Å²) in [5, 5.41) is 12.3. The topological polar surface area (TPSA) is 49.3 Å². The number of carbonyl (C=O) groups excluding carboxylic acids is 1. The SMILES string of the molecule is O=C(CC1CC2CCC1C2)NCc1ccccc1CO. The first-order valence-corrected chi connectivity index (χ1v) is 7.70. The minimum absolute atomic E-state index is 0.0262. The second-order valence-electron chi connectivity index (χ2n) is 6.34. The molecule has 1 aromatic carbocycles. The molecule has 3 unspecified atom stereocenters. The fourth-order valence-corrected chi connectivity index (χ4v) is 4.01. The highest BCUT2D eigenvalue weighted by atomic mass is 16.3. The van der Waals surface area contributed by atoms with Crippen LogP contribution in [-0.2, 0) is 17.9 Å². The van der Waals surface area contributed by atoms with Crippen molar-refractivity contribution in [2.45, 2.75) is 45.3 Å². The van der Waals surface area contributed by atoms with Crippen LogP contribution in [0, 0.1) is 17.8 Å². The van der Waals surface area contributed by atoms with Gasteiger partial charge in [-0.2, -0.15) is 0 Å². The third kappa shape index (κ3) is 2.88. The lowest BCUT2D eigenvalue weighted by Crippen LogP contribution is -2.27. The van der Waals surface area contributed by atoms with Crippen LogP contribution in [0.25, 0.3) is 0 Å². The molecule has 0 aliphatic heterocycles. The maximum atomic E-state index is 12.1. The van der Waals surface area contributed by atoms with Gasteiger partial charge in [-0.05, 0) is 48.1 Å². The van der Waals surface area contributed by atoms with Crippen LogP contribution in [-0.4, -0.2) is 11.0 Å². The fourth-order valence-electron chi connectivity index (χ4n) is 4.01. The highest BCUT2D eigenvalue weighted by Crippen LogP contribution is 2.49. The fraction of sp³-hybridized carbons (Fsp3) is 0.588. The molecule has 2 saturated carbocycles. The van der Waals surface area contributed by atoms with Crippen molar-refractivity contribution in [2.75, 3.05) is 0 Å². The molecule has 3 heteroatoms. The van der Waals surface area contributed by atoms with E-state index in [9.17, 15) is 9.90 Å². The number of aliphatic hydroxyl groups excluding tert-OH is 1. The molecule has 3 nitrogen and oxygen atoms in total. The number of benzene rings is 1. The molecule has 3 rings (SSSR count). The van der Waals surface area contributed by atoms with E-state index in [0.29, 0.717) is 18.9 Å². The Kier molecular flexibility index (Phi) is 4.06. The Bertz CT molecular complexity index is 486. The molecule has 0 radical (unpaired) electrons. The number of amides is 1. The van der Waals surface area contributed by atoms with Crippen molar-refractivity contribution in [2.24, 2.45) is 17.8 Å². The number of carbonyl (C=O) groups is 1. The summed E-state index contributed by atoms with van der Waals surface area (Å²) in [5.74, 6) is 2.47. The average Bonchev–Trinajstić information content (AvgIpc) is 3.08. The quantitative estimate of drug-likeness (QED) is 0.866. The van der Waals surface area contributed by atoms with E-state index in [1.54, 1.807) is 0 Å².